The molecule has 3 nitrogen and oxygen atoms in total. The molecule has 0 saturated carbocycles. The number of para-hydroxylation sites is 4. The van der Waals surface area contributed by atoms with Gasteiger partial charge in [-0.3, -0.25) is 0 Å². The molecule has 0 bridgehead atoms. The van der Waals surface area contributed by atoms with E-state index in [0.717, 1.165) is 67.9 Å². The summed E-state index contributed by atoms with van der Waals surface area (Å²) < 4.78 is 0. The zero-order chi connectivity index (χ0) is 39.6. The summed E-state index contributed by atoms with van der Waals surface area (Å²) >= 11 is 0. The Labute approximate surface area is 347 Å². The molecule has 0 radical (unpaired) electrons. The molecule has 0 amide bonds. The molecule has 9 aromatic carbocycles. The van der Waals surface area contributed by atoms with E-state index in [1.165, 1.54) is 5.56 Å². The van der Waals surface area contributed by atoms with Crippen LogP contribution in [0.1, 0.15) is 11.1 Å². The van der Waals surface area contributed by atoms with Crippen molar-refractivity contribution in [2.24, 2.45) is 0 Å². The molecule has 0 aliphatic rings. The Morgan fingerprint density at radius 1 is 0.186 bits per heavy atom. The quantitative estimate of drug-likeness (QED) is 0.115. The fraction of sp³-hybridized carbons (Fsp3) is 0. The summed E-state index contributed by atoms with van der Waals surface area (Å²) in [6.45, 7) is 0. The minimum atomic E-state index is 1.08. The summed E-state index contributed by atoms with van der Waals surface area (Å²) in [5, 5.41) is 0. The van der Waals surface area contributed by atoms with Crippen molar-refractivity contribution in [3.63, 3.8) is 0 Å². The van der Waals surface area contributed by atoms with Crippen LogP contribution in [-0.4, -0.2) is 0 Å². The van der Waals surface area contributed by atoms with Crippen LogP contribution in [0.5, 0.6) is 0 Å². The lowest BCUT2D eigenvalue weighted by molar-refractivity contribution is 1.26. The predicted molar refractivity (Wildman–Crippen MR) is 251 cm³/mol. The number of benzene rings is 9. The van der Waals surface area contributed by atoms with E-state index in [1.807, 2.05) is 6.07 Å². The first kappa shape index (κ1) is 36.7. The van der Waals surface area contributed by atoms with E-state index >= 15 is 0 Å². The third kappa shape index (κ3) is 8.46. The number of hydrogen-bond donors (Lipinski definition) is 0. The highest BCUT2D eigenvalue weighted by Gasteiger charge is 2.17. The van der Waals surface area contributed by atoms with Gasteiger partial charge < -0.3 is 14.7 Å². The van der Waals surface area contributed by atoms with E-state index in [4.69, 9.17) is 0 Å². The van der Waals surface area contributed by atoms with Gasteiger partial charge >= 0.3 is 0 Å². The fourth-order valence-electron chi connectivity index (χ4n) is 7.50. The van der Waals surface area contributed by atoms with Crippen LogP contribution in [0, 0.1) is 0 Å². The van der Waals surface area contributed by atoms with E-state index in [-0.39, 0.29) is 0 Å². The second kappa shape index (κ2) is 17.5. The fourth-order valence-corrected chi connectivity index (χ4v) is 7.50. The summed E-state index contributed by atoms with van der Waals surface area (Å²) in [6.07, 6.45) is 4.31. The molecule has 0 aliphatic heterocycles. The maximum Gasteiger partial charge on any atom is 0.0463 e. The second-order valence-corrected chi connectivity index (χ2v) is 14.3. The van der Waals surface area contributed by atoms with Gasteiger partial charge in [-0.25, -0.2) is 0 Å². The Hall–Kier alpha value is -7.88. The van der Waals surface area contributed by atoms with Gasteiger partial charge in [-0.2, -0.15) is 0 Å². The minimum Gasteiger partial charge on any atom is -0.311 e. The van der Waals surface area contributed by atoms with Crippen molar-refractivity contribution < 1.29 is 0 Å². The third-order valence-corrected chi connectivity index (χ3v) is 10.4. The first-order chi connectivity index (χ1) is 29.3. The Kier molecular flexibility index (Phi) is 10.9. The molecule has 0 fully saturated rings. The monoisotopic (exact) mass is 757 g/mol. The zero-order valence-electron chi connectivity index (χ0n) is 32.7. The average molecular weight is 758 g/mol. The van der Waals surface area contributed by atoms with Gasteiger partial charge in [-0.1, -0.05) is 152 Å². The summed E-state index contributed by atoms with van der Waals surface area (Å²) in [6, 6.07) is 87.9. The maximum atomic E-state index is 2.31. The summed E-state index contributed by atoms with van der Waals surface area (Å²) in [5.41, 5.74) is 14.6. The van der Waals surface area contributed by atoms with Gasteiger partial charge in [0.05, 0.1) is 0 Å². The van der Waals surface area contributed by atoms with Crippen molar-refractivity contribution in [1.82, 2.24) is 0 Å². The van der Waals surface area contributed by atoms with Gasteiger partial charge in [0, 0.05) is 51.2 Å². The van der Waals surface area contributed by atoms with E-state index < -0.39 is 0 Å². The smallest absolute Gasteiger partial charge is 0.0463 e. The Morgan fingerprint density at radius 2 is 0.390 bits per heavy atom. The Balaban J connectivity index is 0.982. The zero-order valence-corrected chi connectivity index (χ0v) is 32.7. The average Bonchev–Trinajstić information content (AvgIpc) is 3.32. The Bertz CT molecular complexity index is 2660. The molecular weight excluding hydrogens is 715 g/mol. The molecule has 0 aromatic heterocycles. The van der Waals surface area contributed by atoms with Crippen molar-refractivity contribution in [2.75, 3.05) is 14.7 Å². The van der Waals surface area contributed by atoms with E-state index in [1.54, 1.807) is 0 Å². The van der Waals surface area contributed by atoms with Crippen LogP contribution in [0.4, 0.5) is 51.2 Å². The highest BCUT2D eigenvalue weighted by Crippen LogP contribution is 2.40. The first-order valence-corrected chi connectivity index (χ1v) is 20.0. The number of rotatable bonds is 12. The van der Waals surface area contributed by atoms with Crippen LogP contribution < -0.4 is 14.7 Å². The van der Waals surface area contributed by atoms with Gasteiger partial charge in [0.1, 0.15) is 0 Å². The number of hydrogen-bond acceptors (Lipinski definition) is 3. The highest BCUT2D eigenvalue weighted by molar-refractivity contribution is 5.83. The van der Waals surface area contributed by atoms with Crippen molar-refractivity contribution in [3.05, 3.63) is 260 Å². The first-order valence-electron chi connectivity index (χ1n) is 20.0. The molecule has 9 aromatic rings. The maximum absolute atomic E-state index is 2.31. The van der Waals surface area contributed by atoms with Crippen molar-refractivity contribution in [3.8, 4) is 11.1 Å². The van der Waals surface area contributed by atoms with Gasteiger partial charge in [0.25, 0.3) is 0 Å². The van der Waals surface area contributed by atoms with E-state index in [2.05, 4.69) is 270 Å². The molecule has 59 heavy (non-hydrogen) atoms. The molecule has 0 aliphatic carbocycles. The van der Waals surface area contributed by atoms with Gasteiger partial charge in [-0.05, 0) is 131 Å². The molecule has 282 valence electrons. The number of anilines is 9. The third-order valence-electron chi connectivity index (χ3n) is 10.4. The normalized spacial score (nSPS) is 11.0. The molecule has 0 N–H and O–H groups in total. The molecule has 0 unspecified atom stereocenters. The second-order valence-electron chi connectivity index (χ2n) is 14.3. The molecule has 0 heterocycles. The van der Waals surface area contributed by atoms with Crippen LogP contribution in [0.2, 0.25) is 0 Å². The van der Waals surface area contributed by atoms with Crippen molar-refractivity contribution in [2.45, 2.75) is 0 Å². The molecule has 0 spiro atoms. The van der Waals surface area contributed by atoms with Crippen LogP contribution in [0.25, 0.3) is 23.3 Å². The largest absolute Gasteiger partial charge is 0.311 e. The topological polar surface area (TPSA) is 9.72 Å². The summed E-state index contributed by atoms with van der Waals surface area (Å²) in [5.74, 6) is 0. The van der Waals surface area contributed by atoms with E-state index in [9.17, 15) is 0 Å². The highest BCUT2D eigenvalue weighted by atomic mass is 15.2. The van der Waals surface area contributed by atoms with Crippen LogP contribution in [0.3, 0.4) is 0 Å². The Morgan fingerprint density at radius 3 is 0.678 bits per heavy atom. The van der Waals surface area contributed by atoms with Gasteiger partial charge in [0.15, 0.2) is 0 Å². The summed E-state index contributed by atoms with van der Waals surface area (Å²) in [4.78, 5) is 6.91. The van der Waals surface area contributed by atoms with Gasteiger partial charge in [-0.15, -0.1) is 0 Å². The minimum absolute atomic E-state index is 1.08. The SMILES string of the molecule is C(=Cc1ccc(N(c2ccccc2)c2ccc(-c3ccc(N(c4ccccc4)c4ccc(N(c5ccccc5)c5ccccc5)cc4)cc3)cc2)cc1)c1ccccc1. The molecule has 0 saturated heterocycles. The van der Waals surface area contributed by atoms with Crippen LogP contribution in [0.15, 0.2) is 249 Å². The van der Waals surface area contributed by atoms with E-state index in [0.29, 0.717) is 0 Å². The van der Waals surface area contributed by atoms with Crippen LogP contribution in [-0.2, 0) is 0 Å². The van der Waals surface area contributed by atoms with Crippen LogP contribution >= 0.6 is 0 Å². The molecule has 3 heteroatoms. The lowest BCUT2D eigenvalue weighted by Crippen LogP contribution is -2.12. The predicted octanol–water partition coefficient (Wildman–Crippen LogP) is 15.9. The lowest BCUT2D eigenvalue weighted by Gasteiger charge is -2.28. The number of nitrogens with zero attached hydrogens (tertiary/aromatic N) is 3. The lowest BCUT2D eigenvalue weighted by atomic mass is 10.0. The van der Waals surface area contributed by atoms with Crippen molar-refractivity contribution in [1.29, 1.82) is 0 Å². The summed E-state index contributed by atoms with van der Waals surface area (Å²) in [7, 11) is 0. The molecule has 9 rings (SSSR count). The van der Waals surface area contributed by atoms with Gasteiger partial charge in [0.2, 0.25) is 0 Å². The molecule has 0 atom stereocenters. The standard InChI is InChI=1S/C56H43N3/c1-6-16-44(17-7-1)26-27-45-28-34-52(35-29-45)58(50-22-12-4-13-23-50)53-36-30-46(31-37-53)47-32-38-54(39-33-47)59(51-24-14-5-15-25-51)56-42-40-55(41-43-56)57(48-18-8-2-9-19-48)49-20-10-3-11-21-49/h1-43H. The molecular formula is C56H43N3. The van der Waals surface area contributed by atoms with Crippen molar-refractivity contribution >= 4 is 63.3 Å².